The summed E-state index contributed by atoms with van der Waals surface area (Å²) >= 11 is 12.1. The molecule has 0 unspecified atom stereocenters. The van der Waals surface area contributed by atoms with Gasteiger partial charge in [-0.2, -0.15) is 0 Å². The molecule has 0 saturated carbocycles. The SMILES string of the molecule is O=C1NC(=O)N(c2ccc(F)cc2)C(=O)/C1=C/c1c(Cl)cccc1Cl. The van der Waals surface area contributed by atoms with Gasteiger partial charge in [0.05, 0.1) is 5.69 Å². The predicted octanol–water partition coefficient (Wildman–Crippen LogP) is 3.80. The minimum absolute atomic E-state index is 0.118. The second kappa shape index (κ2) is 6.66. The summed E-state index contributed by atoms with van der Waals surface area (Å²) in [6, 6.07) is 8.49. The standard InChI is InChI=1S/C17H9Cl2FN2O3/c18-13-2-1-3-14(19)11(13)8-12-15(23)21-17(25)22(16(12)24)10-6-4-9(20)5-7-10/h1-8H,(H,21,23,25)/b12-8+. The third-order valence-electron chi connectivity index (χ3n) is 3.47. The molecule has 5 nitrogen and oxygen atoms in total. The van der Waals surface area contributed by atoms with Crippen molar-refractivity contribution in [3.05, 3.63) is 69.5 Å². The quantitative estimate of drug-likeness (QED) is 0.638. The van der Waals surface area contributed by atoms with Crippen molar-refractivity contribution in [1.29, 1.82) is 0 Å². The number of rotatable bonds is 2. The van der Waals surface area contributed by atoms with Gasteiger partial charge in [-0.3, -0.25) is 14.9 Å². The van der Waals surface area contributed by atoms with E-state index >= 15 is 0 Å². The Labute approximate surface area is 151 Å². The molecule has 1 aliphatic rings. The number of urea groups is 1. The van der Waals surface area contributed by atoms with Crippen molar-refractivity contribution >= 4 is 52.8 Å². The summed E-state index contributed by atoms with van der Waals surface area (Å²) in [7, 11) is 0. The molecule has 0 atom stereocenters. The molecular weight excluding hydrogens is 370 g/mol. The van der Waals surface area contributed by atoms with E-state index in [1.54, 1.807) is 18.2 Å². The Bertz CT molecular complexity index is 906. The van der Waals surface area contributed by atoms with E-state index in [0.717, 1.165) is 17.0 Å². The summed E-state index contributed by atoms with van der Waals surface area (Å²) in [5.74, 6) is -2.26. The Morgan fingerprint density at radius 1 is 0.960 bits per heavy atom. The van der Waals surface area contributed by atoms with Crippen LogP contribution in [0.1, 0.15) is 5.56 Å². The average molecular weight is 379 g/mol. The summed E-state index contributed by atoms with van der Waals surface area (Å²) in [6.07, 6.45) is 1.21. The van der Waals surface area contributed by atoms with Crippen molar-refractivity contribution < 1.29 is 18.8 Å². The smallest absolute Gasteiger partial charge is 0.273 e. The largest absolute Gasteiger partial charge is 0.335 e. The molecule has 3 rings (SSSR count). The third-order valence-corrected chi connectivity index (χ3v) is 4.13. The lowest BCUT2D eigenvalue weighted by Crippen LogP contribution is -2.54. The van der Waals surface area contributed by atoms with Crippen molar-refractivity contribution in [2.75, 3.05) is 4.90 Å². The highest BCUT2D eigenvalue weighted by molar-refractivity contribution is 6.41. The fourth-order valence-electron chi connectivity index (χ4n) is 2.28. The van der Waals surface area contributed by atoms with E-state index in [9.17, 15) is 18.8 Å². The highest BCUT2D eigenvalue weighted by Crippen LogP contribution is 2.28. The summed E-state index contributed by atoms with van der Waals surface area (Å²) in [5.41, 5.74) is 0.0734. The number of anilines is 1. The predicted molar refractivity (Wildman–Crippen MR) is 91.9 cm³/mol. The maximum atomic E-state index is 13.1. The maximum absolute atomic E-state index is 13.1. The first-order chi connectivity index (χ1) is 11.9. The number of hydrogen-bond acceptors (Lipinski definition) is 3. The number of amides is 4. The zero-order valence-electron chi connectivity index (χ0n) is 12.4. The van der Waals surface area contributed by atoms with Gasteiger partial charge in [0.2, 0.25) is 0 Å². The topological polar surface area (TPSA) is 66.5 Å². The molecule has 1 saturated heterocycles. The van der Waals surface area contributed by atoms with Crippen LogP contribution in [0.2, 0.25) is 10.0 Å². The van der Waals surface area contributed by atoms with Crippen LogP contribution in [0, 0.1) is 5.82 Å². The second-order valence-corrected chi connectivity index (χ2v) is 5.88. The molecule has 1 aliphatic heterocycles. The Kier molecular flexibility index (Phi) is 4.57. The van der Waals surface area contributed by atoms with E-state index in [2.05, 4.69) is 5.32 Å². The van der Waals surface area contributed by atoms with Crippen molar-refractivity contribution in [3.63, 3.8) is 0 Å². The van der Waals surface area contributed by atoms with Crippen LogP contribution in [0.4, 0.5) is 14.9 Å². The fraction of sp³-hybridized carbons (Fsp3) is 0. The first kappa shape index (κ1) is 17.1. The Morgan fingerprint density at radius 3 is 2.16 bits per heavy atom. The summed E-state index contributed by atoms with van der Waals surface area (Å²) in [5, 5.41) is 2.54. The minimum atomic E-state index is -0.927. The molecule has 0 spiro atoms. The normalized spacial score (nSPS) is 16.4. The van der Waals surface area contributed by atoms with Crippen molar-refractivity contribution in [3.8, 4) is 0 Å². The highest BCUT2D eigenvalue weighted by Gasteiger charge is 2.37. The van der Waals surface area contributed by atoms with Crippen LogP contribution in [-0.4, -0.2) is 17.8 Å². The van der Waals surface area contributed by atoms with Gasteiger partial charge in [0.15, 0.2) is 0 Å². The van der Waals surface area contributed by atoms with E-state index in [1.807, 2.05) is 0 Å². The zero-order valence-corrected chi connectivity index (χ0v) is 13.9. The number of carbonyl (C=O) groups is 3. The Balaban J connectivity index is 2.07. The monoisotopic (exact) mass is 378 g/mol. The van der Waals surface area contributed by atoms with E-state index in [0.29, 0.717) is 0 Å². The Morgan fingerprint density at radius 2 is 1.56 bits per heavy atom. The molecule has 126 valence electrons. The molecule has 1 N–H and O–H groups in total. The molecule has 25 heavy (non-hydrogen) atoms. The van der Waals surface area contributed by atoms with Gasteiger partial charge >= 0.3 is 6.03 Å². The van der Waals surface area contributed by atoms with Gasteiger partial charge in [-0.25, -0.2) is 14.1 Å². The molecule has 0 aromatic heterocycles. The third kappa shape index (κ3) is 3.26. The molecular formula is C17H9Cl2FN2O3. The number of hydrogen-bond donors (Lipinski definition) is 1. The van der Waals surface area contributed by atoms with Gasteiger partial charge in [0, 0.05) is 15.6 Å². The van der Waals surface area contributed by atoms with Gasteiger partial charge in [-0.1, -0.05) is 29.3 Å². The van der Waals surface area contributed by atoms with Crippen LogP contribution in [-0.2, 0) is 9.59 Å². The van der Waals surface area contributed by atoms with Crippen LogP contribution >= 0.6 is 23.2 Å². The lowest BCUT2D eigenvalue weighted by molar-refractivity contribution is -0.122. The number of nitrogens with one attached hydrogen (secondary N) is 1. The maximum Gasteiger partial charge on any atom is 0.335 e. The average Bonchev–Trinajstić information content (AvgIpc) is 2.55. The van der Waals surface area contributed by atoms with Crippen LogP contribution < -0.4 is 10.2 Å². The number of nitrogens with zero attached hydrogens (tertiary/aromatic N) is 1. The van der Waals surface area contributed by atoms with E-state index in [1.165, 1.54) is 18.2 Å². The van der Waals surface area contributed by atoms with E-state index in [4.69, 9.17) is 23.2 Å². The summed E-state index contributed by atoms with van der Waals surface area (Å²) in [4.78, 5) is 37.5. The van der Waals surface area contributed by atoms with Crippen molar-refractivity contribution in [2.45, 2.75) is 0 Å². The minimum Gasteiger partial charge on any atom is -0.273 e. The van der Waals surface area contributed by atoms with E-state index in [-0.39, 0.29) is 26.9 Å². The lowest BCUT2D eigenvalue weighted by Gasteiger charge is -2.26. The zero-order chi connectivity index (χ0) is 18.1. The number of barbiturate groups is 1. The van der Waals surface area contributed by atoms with Gasteiger partial charge in [-0.15, -0.1) is 0 Å². The highest BCUT2D eigenvalue weighted by atomic mass is 35.5. The summed E-state index contributed by atoms with van der Waals surface area (Å²) in [6.45, 7) is 0. The molecule has 1 heterocycles. The van der Waals surface area contributed by atoms with Crippen LogP contribution in [0.25, 0.3) is 6.08 Å². The fourth-order valence-corrected chi connectivity index (χ4v) is 2.78. The number of carbonyl (C=O) groups excluding carboxylic acids is 3. The van der Waals surface area contributed by atoms with Gasteiger partial charge in [0.25, 0.3) is 11.8 Å². The van der Waals surface area contributed by atoms with Gasteiger partial charge in [-0.05, 0) is 42.5 Å². The van der Waals surface area contributed by atoms with E-state index < -0.39 is 23.7 Å². The number of imide groups is 2. The molecule has 1 fully saturated rings. The van der Waals surface area contributed by atoms with Crippen LogP contribution in [0.5, 0.6) is 0 Å². The molecule has 0 bridgehead atoms. The molecule has 0 radical (unpaired) electrons. The first-order valence-electron chi connectivity index (χ1n) is 6.99. The lowest BCUT2D eigenvalue weighted by atomic mass is 10.1. The molecule has 4 amide bonds. The second-order valence-electron chi connectivity index (χ2n) is 5.07. The number of benzene rings is 2. The van der Waals surface area contributed by atoms with Crippen LogP contribution in [0.15, 0.2) is 48.0 Å². The van der Waals surface area contributed by atoms with Crippen LogP contribution in [0.3, 0.4) is 0 Å². The molecule has 2 aromatic rings. The van der Waals surface area contributed by atoms with Crippen molar-refractivity contribution in [1.82, 2.24) is 5.32 Å². The van der Waals surface area contributed by atoms with Crippen molar-refractivity contribution in [2.24, 2.45) is 0 Å². The summed E-state index contributed by atoms with van der Waals surface area (Å²) < 4.78 is 13.1. The Hall–Kier alpha value is -2.70. The molecule has 2 aromatic carbocycles. The first-order valence-corrected chi connectivity index (χ1v) is 7.75. The van der Waals surface area contributed by atoms with Gasteiger partial charge < -0.3 is 0 Å². The number of halogens is 3. The molecule has 8 heteroatoms. The van der Waals surface area contributed by atoms with Gasteiger partial charge in [0.1, 0.15) is 11.4 Å². The molecule has 0 aliphatic carbocycles.